The molecule has 9 aromatic heterocycles. The lowest BCUT2D eigenvalue weighted by Gasteiger charge is -2.12. The second-order valence-electron chi connectivity index (χ2n) is 37.6. The highest BCUT2D eigenvalue weighted by molar-refractivity contribution is 6.23. The number of rotatable bonds is 15. The minimum atomic E-state index is 0.567. The topological polar surface area (TPSA) is 146 Å². The average molecular weight is 1920 g/mol. The van der Waals surface area contributed by atoms with Crippen LogP contribution >= 0.6 is 0 Å². The Morgan fingerprint density at radius 1 is 0.100 bits per heavy atom. The molecule has 702 valence electrons. The summed E-state index contributed by atoms with van der Waals surface area (Å²) in [5.74, 6) is 5.51. The van der Waals surface area contributed by atoms with Crippen LogP contribution in [0.1, 0.15) is 0 Å². The average Bonchev–Trinajstić information content (AvgIpc) is 1.56. The second-order valence-corrected chi connectivity index (χ2v) is 37.6. The van der Waals surface area contributed by atoms with Crippen LogP contribution in [0.2, 0.25) is 0 Å². The first-order valence-corrected chi connectivity index (χ1v) is 50.4. The molecule has 0 aliphatic heterocycles. The maximum Gasteiger partial charge on any atom is 0.238 e. The third-order valence-corrected chi connectivity index (χ3v) is 28.8. The van der Waals surface area contributed by atoms with Crippen LogP contribution in [-0.2, 0) is 0 Å². The van der Waals surface area contributed by atoms with Crippen molar-refractivity contribution in [2.24, 2.45) is 0 Å². The molecule has 0 saturated heterocycles. The molecule has 0 aliphatic carbocycles. The Kier molecular flexibility index (Phi) is 21.5. The molecule has 15 nitrogen and oxygen atoms in total. The molecule has 0 atom stereocenters. The molecule has 0 fully saturated rings. The molecule has 30 aromatic rings. The fraction of sp³-hybridized carbons (Fsp3) is 0. The number of hydrogen-bond acceptors (Lipinski definition) is 9. The molecule has 0 N–H and O–H groups in total. The van der Waals surface area contributed by atoms with Crippen LogP contribution in [0.3, 0.4) is 0 Å². The summed E-state index contributed by atoms with van der Waals surface area (Å²) in [5.41, 5.74) is 29.1. The third kappa shape index (κ3) is 15.4. The molecule has 30 rings (SSSR count). The fourth-order valence-electron chi connectivity index (χ4n) is 21.8. The molecule has 0 aliphatic rings. The number of para-hydroxylation sites is 8. The lowest BCUT2D eigenvalue weighted by Crippen LogP contribution is -2.06. The van der Waals surface area contributed by atoms with Crippen LogP contribution in [0.25, 0.3) is 267 Å². The Hall–Kier alpha value is -20.6. The van der Waals surface area contributed by atoms with E-state index < -0.39 is 0 Å². The number of benzene rings is 21. The molecular weight excluding hydrogens is 1830 g/mol. The van der Waals surface area contributed by atoms with Crippen LogP contribution < -0.4 is 0 Å². The van der Waals surface area contributed by atoms with E-state index in [0.717, 1.165) is 149 Å². The standard InChI is InChI=1S/C51H33N5.C45H29N5.C39H25N5/c1-4-14-34(15-5-1)36-24-28-38(29-25-36)49-52-50(39-30-26-37(27-31-39)35-16-6-2-7-17-35)54-51(53-49)56-46-23-13-11-21-42(46)44-32-43-41-20-10-12-22-45(41)55(47(43)33-48(44)56)40-18-8-3-9-19-40;1-4-14-30(15-5-1)31-24-26-34(27-25-31)49-39-22-12-10-20-35(39)37-28-38-36-21-11-13-23-40(36)50(42(38)29-41(37)49)45-47-43(32-16-6-2-7-17-32)46-44(48-45)33-18-8-3-9-19-33;1-4-14-26(15-5-1)37-40-38(27-16-6-2-7-17-27)42-39(41-37)44-34-23-13-11-21-30(34)32-24-31-29-20-10-12-22-33(29)43(35(31)25-36(32)44)28-18-8-3-9-19-28/h1-33H;1-29H;1-25H. The van der Waals surface area contributed by atoms with Gasteiger partial charge in [0.1, 0.15) is 0 Å². The van der Waals surface area contributed by atoms with Crippen molar-refractivity contribution in [2.45, 2.75) is 0 Å². The molecular formula is C135H87N15. The highest BCUT2D eigenvalue weighted by Crippen LogP contribution is 2.46. The van der Waals surface area contributed by atoms with Gasteiger partial charge in [0.05, 0.1) is 66.2 Å². The van der Waals surface area contributed by atoms with Gasteiger partial charge in [0, 0.05) is 115 Å². The lowest BCUT2D eigenvalue weighted by molar-refractivity contribution is 0.953. The van der Waals surface area contributed by atoms with Gasteiger partial charge in [0.25, 0.3) is 0 Å². The van der Waals surface area contributed by atoms with Gasteiger partial charge in [-0.3, -0.25) is 13.7 Å². The highest BCUT2D eigenvalue weighted by Gasteiger charge is 2.28. The molecule has 0 unspecified atom stereocenters. The Bertz CT molecular complexity index is 10200. The van der Waals surface area contributed by atoms with Crippen LogP contribution in [-0.4, -0.2) is 72.3 Å². The van der Waals surface area contributed by atoms with Crippen molar-refractivity contribution >= 4 is 131 Å². The fourth-order valence-corrected chi connectivity index (χ4v) is 21.8. The van der Waals surface area contributed by atoms with E-state index in [1.54, 1.807) is 0 Å². The quantitative estimate of drug-likeness (QED) is 0.0979. The van der Waals surface area contributed by atoms with Gasteiger partial charge in [-0.05, 0) is 143 Å². The van der Waals surface area contributed by atoms with Gasteiger partial charge < -0.3 is 13.7 Å². The van der Waals surface area contributed by atoms with Crippen molar-refractivity contribution in [3.05, 3.63) is 528 Å². The Morgan fingerprint density at radius 3 is 0.480 bits per heavy atom. The van der Waals surface area contributed by atoms with Crippen LogP contribution in [0.15, 0.2) is 528 Å². The number of fused-ring (bicyclic) bond motifs is 18. The zero-order valence-corrected chi connectivity index (χ0v) is 80.9. The number of aromatic nitrogens is 15. The smallest absolute Gasteiger partial charge is 0.238 e. The summed E-state index contributed by atoms with van der Waals surface area (Å²) in [7, 11) is 0. The van der Waals surface area contributed by atoms with E-state index in [1.807, 2.05) is 133 Å². The van der Waals surface area contributed by atoms with Crippen LogP contribution in [0.5, 0.6) is 0 Å². The molecule has 9 heterocycles. The Labute approximate surface area is 861 Å². The summed E-state index contributed by atoms with van der Waals surface area (Å²) in [5, 5.41) is 14.2. The minimum Gasteiger partial charge on any atom is -0.309 e. The van der Waals surface area contributed by atoms with Crippen LogP contribution in [0, 0.1) is 0 Å². The summed E-state index contributed by atoms with van der Waals surface area (Å²) < 4.78 is 13.7. The summed E-state index contributed by atoms with van der Waals surface area (Å²) >= 11 is 0. The number of nitrogens with zero attached hydrogens (tertiary/aromatic N) is 15. The van der Waals surface area contributed by atoms with Gasteiger partial charge in [-0.25, -0.2) is 15.0 Å². The van der Waals surface area contributed by atoms with Crippen molar-refractivity contribution in [3.8, 4) is 137 Å². The van der Waals surface area contributed by atoms with Crippen LogP contribution in [0.4, 0.5) is 0 Å². The summed E-state index contributed by atoms with van der Waals surface area (Å²) in [6, 6.07) is 184. The van der Waals surface area contributed by atoms with Crippen molar-refractivity contribution in [2.75, 3.05) is 0 Å². The van der Waals surface area contributed by atoms with E-state index in [-0.39, 0.29) is 0 Å². The molecule has 0 amide bonds. The molecule has 21 aromatic carbocycles. The minimum absolute atomic E-state index is 0.567. The van der Waals surface area contributed by atoms with Crippen molar-refractivity contribution < 1.29 is 0 Å². The largest absolute Gasteiger partial charge is 0.309 e. The lowest BCUT2D eigenvalue weighted by atomic mass is 10.0. The maximum atomic E-state index is 5.28. The van der Waals surface area contributed by atoms with Crippen molar-refractivity contribution in [1.82, 2.24) is 72.3 Å². The summed E-state index contributed by atoms with van der Waals surface area (Å²) in [6.07, 6.45) is 0. The monoisotopic (exact) mass is 1920 g/mol. The predicted molar refractivity (Wildman–Crippen MR) is 614 cm³/mol. The van der Waals surface area contributed by atoms with Gasteiger partial charge >= 0.3 is 0 Å². The van der Waals surface area contributed by atoms with Crippen molar-refractivity contribution in [3.63, 3.8) is 0 Å². The van der Waals surface area contributed by atoms with E-state index in [1.165, 1.54) is 65.6 Å². The van der Waals surface area contributed by atoms with Gasteiger partial charge in [0.2, 0.25) is 17.8 Å². The molecule has 0 bridgehead atoms. The molecule has 0 saturated carbocycles. The Morgan fingerprint density at radius 2 is 0.253 bits per heavy atom. The zero-order valence-electron chi connectivity index (χ0n) is 80.9. The van der Waals surface area contributed by atoms with E-state index in [2.05, 4.69) is 422 Å². The number of hydrogen-bond donors (Lipinski definition) is 0. The van der Waals surface area contributed by atoms with Gasteiger partial charge in [-0.1, -0.05) is 419 Å². The predicted octanol–water partition coefficient (Wildman–Crippen LogP) is 33.2. The van der Waals surface area contributed by atoms with E-state index in [0.29, 0.717) is 52.8 Å². The third-order valence-electron chi connectivity index (χ3n) is 28.8. The first-order valence-electron chi connectivity index (χ1n) is 50.4. The maximum absolute atomic E-state index is 5.28. The van der Waals surface area contributed by atoms with Gasteiger partial charge in [-0.2, -0.15) is 29.9 Å². The highest BCUT2D eigenvalue weighted by atomic mass is 15.2. The molecule has 15 heteroatoms. The summed E-state index contributed by atoms with van der Waals surface area (Å²) in [4.78, 5) is 46.1. The zero-order chi connectivity index (χ0) is 99.1. The van der Waals surface area contributed by atoms with E-state index in [4.69, 9.17) is 44.9 Å². The first kappa shape index (κ1) is 87.3. The Balaban J connectivity index is 0.000000109. The molecule has 0 radical (unpaired) electrons. The SMILES string of the molecule is c1ccc(-c2ccc(-c3nc(-c4ccc(-c5ccccc5)cc4)nc(-n4c5ccccc5c5cc6c7ccccc7n(-c7ccccc7)c6cc54)n3)cc2)cc1.c1ccc(-c2ccc(-n3c4ccccc4c4cc5c6ccccc6n(-c6nc(-c7ccccc7)nc(-c7ccccc7)n6)c5cc43)cc2)cc1.c1ccc(-c2nc(-c3ccccc3)nc(-n3c4ccccc4c4cc5c6ccccc6n(-c6ccccc6)c5cc43)n2)cc1. The molecule has 0 spiro atoms. The molecule has 150 heavy (non-hydrogen) atoms. The van der Waals surface area contributed by atoms with Crippen molar-refractivity contribution in [1.29, 1.82) is 0 Å². The van der Waals surface area contributed by atoms with E-state index >= 15 is 0 Å². The first-order chi connectivity index (χ1) is 74.4. The summed E-state index contributed by atoms with van der Waals surface area (Å²) in [6.45, 7) is 0. The van der Waals surface area contributed by atoms with E-state index in [9.17, 15) is 0 Å². The second kappa shape index (κ2) is 37.0. The normalized spacial score (nSPS) is 11.6. The van der Waals surface area contributed by atoms with Gasteiger partial charge in [0.15, 0.2) is 34.9 Å². The van der Waals surface area contributed by atoms with Gasteiger partial charge in [-0.15, -0.1) is 0 Å².